The molecule has 1 aliphatic rings. The van der Waals surface area contributed by atoms with Crippen LogP contribution in [-0.2, 0) is 13.6 Å². The Morgan fingerprint density at radius 1 is 1.10 bits per heavy atom. The van der Waals surface area contributed by atoms with Crippen molar-refractivity contribution in [3.05, 3.63) is 70.7 Å². The molecule has 1 saturated heterocycles. The quantitative estimate of drug-likeness (QED) is 0.463. The highest BCUT2D eigenvalue weighted by Gasteiger charge is 2.31. The van der Waals surface area contributed by atoms with Crippen molar-refractivity contribution < 1.29 is 4.79 Å². The van der Waals surface area contributed by atoms with Gasteiger partial charge in [-0.2, -0.15) is 0 Å². The lowest BCUT2D eigenvalue weighted by Gasteiger charge is -2.17. The van der Waals surface area contributed by atoms with E-state index >= 15 is 0 Å². The number of fused-ring (bicyclic) bond motifs is 2. The van der Waals surface area contributed by atoms with Crippen LogP contribution in [0.4, 0.5) is 0 Å². The fourth-order valence-corrected chi connectivity index (χ4v) is 6.15. The molecule has 1 unspecified atom stereocenters. The number of carbonyl (C=O) groups is 1. The highest BCUT2D eigenvalue weighted by Crippen LogP contribution is 2.41. The van der Waals surface area contributed by atoms with Crippen molar-refractivity contribution in [2.75, 3.05) is 27.2 Å². The Kier molecular flexibility index (Phi) is 4.88. The minimum Gasteiger partial charge on any atom is -0.350 e. The minimum absolute atomic E-state index is 0.124. The number of hydrogen-bond donors (Lipinski definition) is 0. The van der Waals surface area contributed by atoms with Gasteiger partial charge in [0, 0.05) is 62.0 Å². The third kappa shape index (κ3) is 3.22. The smallest absolute Gasteiger partial charge is 0.263 e. The third-order valence-corrected chi connectivity index (χ3v) is 7.46. The van der Waals surface area contributed by atoms with Crippen molar-refractivity contribution in [1.29, 1.82) is 0 Å². The number of benzene rings is 2. The van der Waals surface area contributed by atoms with Gasteiger partial charge in [0.2, 0.25) is 0 Å². The van der Waals surface area contributed by atoms with Crippen LogP contribution in [0.5, 0.6) is 0 Å². The zero-order valence-electron chi connectivity index (χ0n) is 17.8. The van der Waals surface area contributed by atoms with E-state index in [1.54, 1.807) is 16.2 Å². The fraction of sp³-hybridized carbons (Fsp3) is 0.320. The summed E-state index contributed by atoms with van der Waals surface area (Å²) in [5, 5.41) is 2.60. The summed E-state index contributed by atoms with van der Waals surface area (Å²) < 4.78 is 3.43. The second kappa shape index (κ2) is 7.56. The fourth-order valence-electron chi connectivity index (χ4n) is 4.84. The summed E-state index contributed by atoms with van der Waals surface area (Å²) in [6.45, 7) is 3.02. The van der Waals surface area contributed by atoms with Gasteiger partial charge in [-0.05, 0) is 41.6 Å². The van der Waals surface area contributed by atoms with Crippen LogP contribution in [0.2, 0.25) is 0 Å². The van der Waals surface area contributed by atoms with E-state index in [9.17, 15) is 4.79 Å². The first-order chi connectivity index (χ1) is 14.5. The van der Waals surface area contributed by atoms with E-state index in [0.717, 1.165) is 30.9 Å². The average molecular weight is 418 g/mol. The van der Waals surface area contributed by atoms with Gasteiger partial charge in [-0.3, -0.25) is 9.69 Å². The molecule has 0 saturated carbocycles. The molecule has 0 N–H and O–H groups in total. The molecule has 1 fully saturated rings. The van der Waals surface area contributed by atoms with Gasteiger partial charge >= 0.3 is 0 Å². The largest absolute Gasteiger partial charge is 0.350 e. The van der Waals surface area contributed by atoms with Gasteiger partial charge in [-0.25, -0.2) is 0 Å². The second-order valence-corrected chi connectivity index (χ2v) is 9.60. The molecule has 1 amide bonds. The molecular formula is C25H27N3OS. The van der Waals surface area contributed by atoms with E-state index in [0.29, 0.717) is 5.92 Å². The van der Waals surface area contributed by atoms with Crippen LogP contribution in [0, 0.1) is 0 Å². The summed E-state index contributed by atoms with van der Waals surface area (Å²) in [6.07, 6.45) is 3.36. The van der Waals surface area contributed by atoms with Crippen LogP contribution in [0.3, 0.4) is 0 Å². The van der Waals surface area contributed by atoms with Crippen molar-refractivity contribution in [1.82, 2.24) is 14.4 Å². The first-order valence-electron chi connectivity index (χ1n) is 10.5. The van der Waals surface area contributed by atoms with Gasteiger partial charge in [0.15, 0.2) is 0 Å². The van der Waals surface area contributed by atoms with E-state index in [1.165, 1.54) is 32.1 Å². The highest BCUT2D eigenvalue weighted by atomic mass is 32.1. The van der Waals surface area contributed by atoms with Crippen molar-refractivity contribution in [2.24, 2.45) is 7.05 Å². The minimum atomic E-state index is 0.124. The molecule has 0 aliphatic carbocycles. The van der Waals surface area contributed by atoms with Crippen LogP contribution in [0.1, 0.15) is 33.1 Å². The van der Waals surface area contributed by atoms with E-state index in [-0.39, 0.29) is 5.91 Å². The Morgan fingerprint density at radius 2 is 1.83 bits per heavy atom. The number of carbonyl (C=O) groups excluding carboxylic acids is 1. The van der Waals surface area contributed by atoms with Crippen LogP contribution in [-0.4, -0.2) is 47.5 Å². The van der Waals surface area contributed by atoms with Crippen LogP contribution < -0.4 is 0 Å². The highest BCUT2D eigenvalue weighted by molar-refractivity contribution is 7.21. The molecule has 30 heavy (non-hydrogen) atoms. The SMILES string of the molecule is CN(C)C(=O)c1sc2ccccc2c1C1CCN(Cc2cn(C)c3ccccc23)C1. The lowest BCUT2D eigenvalue weighted by Crippen LogP contribution is -2.23. The van der Waals surface area contributed by atoms with E-state index in [1.807, 2.05) is 14.1 Å². The monoisotopic (exact) mass is 417 g/mol. The molecule has 0 radical (unpaired) electrons. The Bertz CT molecular complexity index is 1240. The lowest BCUT2D eigenvalue weighted by molar-refractivity contribution is 0.0831. The molecule has 4 nitrogen and oxygen atoms in total. The maximum atomic E-state index is 12.9. The third-order valence-electron chi connectivity index (χ3n) is 6.29. The number of rotatable bonds is 4. The van der Waals surface area contributed by atoms with E-state index in [4.69, 9.17) is 0 Å². The number of aryl methyl sites for hydroxylation is 1. The molecule has 0 spiro atoms. The van der Waals surface area contributed by atoms with Gasteiger partial charge in [0.25, 0.3) is 5.91 Å². The maximum Gasteiger partial charge on any atom is 0.263 e. The van der Waals surface area contributed by atoms with Gasteiger partial charge in [-0.1, -0.05) is 36.4 Å². The first-order valence-corrected chi connectivity index (χ1v) is 11.3. The summed E-state index contributed by atoms with van der Waals surface area (Å²) in [5.41, 5.74) is 3.93. The maximum absolute atomic E-state index is 12.9. The molecule has 2 aromatic heterocycles. The van der Waals surface area contributed by atoms with Crippen LogP contribution >= 0.6 is 11.3 Å². The molecule has 3 heterocycles. The number of hydrogen-bond acceptors (Lipinski definition) is 3. The summed E-state index contributed by atoms with van der Waals surface area (Å²) in [6, 6.07) is 17.1. The molecule has 2 aromatic carbocycles. The van der Waals surface area contributed by atoms with Gasteiger partial charge < -0.3 is 9.47 Å². The number of likely N-dealkylation sites (tertiary alicyclic amines) is 1. The zero-order chi connectivity index (χ0) is 20.8. The van der Waals surface area contributed by atoms with E-state index < -0.39 is 0 Å². The van der Waals surface area contributed by atoms with Crippen molar-refractivity contribution >= 4 is 38.2 Å². The first kappa shape index (κ1) is 19.3. The Labute approximate surface area is 181 Å². The number of nitrogens with zero attached hydrogens (tertiary/aromatic N) is 3. The molecule has 1 aliphatic heterocycles. The zero-order valence-corrected chi connectivity index (χ0v) is 18.6. The summed E-state index contributed by atoms with van der Waals surface area (Å²) in [7, 11) is 5.81. The van der Waals surface area contributed by atoms with Gasteiger partial charge in [0.05, 0.1) is 4.88 Å². The molecule has 4 aromatic rings. The van der Waals surface area contributed by atoms with Gasteiger partial charge in [-0.15, -0.1) is 11.3 Å². The Hall–Kier alpha value is -2.63. The van der Waals surface area contributed by atoms with Gasteiger partial charge in [0.1, 0.15) is 0 Å². The standard InChI is InChI=1S/C25H27N3OS/c1-26(2)25(29)24-23(20-9-5-7-11-22(20)30-24)17-12-13-28(15-17)16-18-14-27(3)21-10-6-4-8-19(18)21/h4-11,14,17H,12-13,15-16H2,1-3H3. The van der Waals surface area contributed by atoms with Crippen molar-refractivity contribution in [3.63, 3.8) is 0 Å². The summed E-state index contributed by atoms with van der Waals surface area (Å²) in [5.74, 6) is 0.522. The number of thiophene rings is 1. The number of para-hydroxylation sites is 1. The predicted molar refractivity (Wildman–Crippen MR) is 125 cm³/mol. The number of aromatic nitrogens is 1. The van der Waals surface area contributed by atoms with Crippen LogP contribution in [0.15, 0.2) is 54.7 Å². The Morgan fingerprint density at radius 3 is 2.63 bits per heavy atom. The Balaban J connectivity index is 1.45. The topological polar surface area (TPSA) is 28.5 Å². The average Bonchev–Trinajstić information content (AvgIpc) is 3.44. The lowest BCUT2D eigenvalue weighted by atomic mass is 9.95. The number of amides is 1. The normalized spacial score (nSPS) is 17.2. The molecule has 1 atom stereocenters. The molecule has 5 heteroatoms. The van der Waals surface area contributed by atoms with Crippen molar-refractivity contribution in [3.8, 4) is 0 Å². The second-order valence-electron chi connectivity index (χ2n) is 8.54. The predicted octanol–water partition coefficient (Wildman–Crippen LogP) is 5.08. The molecular weight excluding hydrogens is 390 g/mol. The molecule has 5 rings (SSSR count). The summed E-state index contributed by atoms with van der Waals surface area (Å²) in [4.78, 5) is 18.1. The summed E-state index contributed by atoms with van der Waals surface area (Å²) >= 11 is 1.64. The van der Waals surface area contributed by atoms with E-state index in [2.05, 4.69) is 71.2 Å². The molecule has 154 valence electrons. The van der Waals surface area contributed by atoms with Crippen LogP contribution in [0.25, 0.3) is 21.0 Å². The molecule has 0 bridgehead atoms. The van der Waals surface area contributed by atoms with Crippen molar-refractivity contribution in [2.45, 2.75) is 18.9 Å².